The third-order valence-electron chi connectivity index (χ3n) is 2.03. The predicted molar refractivity (Wildman–Crippen MR) is 64.8 cm³/mol. The molecule has 21 heavy (non-hydrogen) atoms. The molecule has 0 aromatic carbocycles. The standard InChI is InChI=1S/C12H16O9/c1-6(13)19-5-9(16)10(20-7(2)14)11(12(17)18-4)21-8(3)15/h10-11H,5H2,1-4H3. The average molecular weight is 304 g/mol. The number of ether oxygens (including phenoxy) is 4. The zero-order valence-corrected chi connectivity index (χ0v) is 12.0. The van der Waals surface area contributed by atoms with E-state index in [4.69, 9.17) is 0 Å². The molecule has 0 aliphatic rings. The Morgan fingerprint density at radius 1 is 0.810 bits per heavy atom. The van der Waals surface area contributed by atoms with Gasteiger partial charge in [-0.05, 0) is 0 Å². The van der Waals surface area contributed by atoms with E-state index in [-0.39, 0.29) is 0 Å². The maximum Gasteiger partial charge on any atom is 0.351 e. The lowest BCUT2D eigenvalue weighted by Crippen LogP contribution is -2.47. The van der Waals surface area contributed by atoms with Crippen molar-refractivity contribution in [3.8, 4) is 0 Å². The van der Waals surface area contributed by atoms with Gasteiger partial charge in [0.15, 0.2) is 6.61 Å². The van der Waals surface area contributed by atoms with Crippen LogP contribution >= 0.6 is 0 Å². The highest BCUT2D eigenvalue weighted by molar-refractivity contribution is 5.94. The van der Waals surface area contributed by atoms with E-state index in [1.807, 2.05) is 0 Å². The Labute approximate surface area is 120 Å². The van der Waals surface area contributed by atoms with Crippen molar-refractivity contribution in [1.82, 2.24) is 0 Å². The third kappa shape index (κ3) is 7.04. The van der Waals surface area contributed by atoms with Gasteiger partial charge >= 0.3 is 23.9 Å². The summed E-state index contributed by atoms with van der Waals surface area (Å²) in [6.45, 7) is 2.31. The van der Waals surface area contributed by atoms with Gasteiger partial charge in [-0.1, -0.05) is 0 Å². The van der Waals surface area contributed by atoms with Crippen molar-refractivity contribution in [3.05, 3.63) is 0 Å². The average Bonchev–Trinajstić information content (AvgIpc) is 2.38. The molecule has 0 spiro atoms. The van der Waals surface area contributed by atoms with Gasteiger partial charge in [0.25, 0.3) is 0 Å². The number of carbonyl (C=O) groups is 5. The smallest absolute Gasteiger partial charge is 0.351 e. The van der Waals surface area contributed by atoms with Gasteiger partial charge in [0, 0.05) is 20.8 Å². The molecule has 0 aromatic heterocycles. The molecule has 2 unspecified atom stereocenters. The minimum absolute atomic E-state index is 0.743. The molecule has 0 saturated carbocycles. The van der Waals surface area contributed by atoms with E-state index < -0.39 is 48.5 Å². The van der Waals surface area contributed by atoms with E-state index in [2.05, 4.69) is 18.9 Å². The Morgan fingerprint density at radius 3 is 1.67 bits per heavy atom. The van der Waals surface area contributed by atoms with Crippen molar-refractivity contribution in [3.63, 3.8) is 0 Å². The molecule has 0 rings (SSSR count). The summed E-state index contributed by atoms with van der Waals surface area (Å²) in [6.07, 6.45) is -3.54. The zero-order chi connectivity index (χ0) is 16.6. The van der Waals surface area contributed by atoms with Gasteiger partial charge in [0.2, 0.25) is 18.0 Å². The van der Waals surface area contributed by atoms with Crippen LogP contribution in [0, 0.1) is 0 Å². The van der Waals surface area contributed by atoms with Gasteiger partial charge in [-0.15, -0.1) is 0 Å². The van der Waals surface area contributed by atoms with Crippen molar-refractivity contribution in [2.75, 3.05) is 13.7 Å². The van der Waals surface area contributed by atoms with E-state index in [9.17, 15) is 24.0 Å². The zero-order valence-electron chi connectivity index (χ0n) is 12.0. The van der Waals surface area contributed by atoms with Gasteiger partial charge in [-0.3, -0.25) is 19.2 Å². The number of rotatable bonds is 7. The van der Waals surface area contributed by atoms with Crippen molar-refractivity contribution >= 4 is 29.7 Å². The quantitative estimate of drug-likeness (QED) is 0.437. The van der Waals surface area contributed by atoms with Crippen LogP contribution in [0.5, 0.6) is 0 Å². The molecule has 0 N–H and O–H groups in total. The normalized spacial score (nSPS) is 12.6. The first kappa shape index (κ1) is 18.6. The number of hydrogen-bond donors (Lipinski definition) is 0. The lowest BCUT2D eigenvalue weighted by molar-refractivity contribution is -0.182. The topological polar surface area (TPSA) is 122 Å². The van der Waals surface area contributed by atoms with Crippen molar-refractivity contribution in [2.24, 2.45) is 0 Å². The number of esters is 4. The van der Waals surface area contributed by atoms with Gasteiger partial charge in [-0.25, -0.2) is 4.79 Å². The molecule has 9 nitrogen and oxygen atoms in total. The Balaban J connectivity index is 5.24. The van der Waals surface area contributed by atoms with Crippen molar-refractivity contribution < 1.29 is 42.9 Å². The van der Waals surface area contributed by atoms with Crippen molar-refractivity contribution in [2.45, 2.75) is 33.0 Å². The van der Waals surface area contributed by atoms with E-state index in [1.54, 1.807) is 0 Å². The molecule has 0 heterocycles. The fourth-order valence-electron chi connectivity index (χ4n) is 1.26. The van der Waals surface area contributed by atoms with Gasteiger partial charge in [0.05, 0.1) is 7.11 Å². The van der Waals surface area contributed by atoms with Crippen LogP contribution in [0.25, 0.3) is 0 Å². The van der Waals surface area contributed by atoms with Crippen LogP contribution in [-0.2, 0) is 42.9 Å². The number of ketones is 1. The molecular weight excluding hydrogens is 288 g/mol. The lowest BCUT2D eigenvalue weighted by Gasteiger charge is -2.23. The second kappa shape index (κ2) is 8.67. The van der Waals surface area contributed by atoms with Gasteiger partial charge in [-0.2, -0.15) is 0 Å². The minimum atomic E-state index is -1.78. The highest BCUT2D eigenvalue weighted by atomic mass is 16.6. The highest BCUT2D eigenvalue weighted by Gasteiger charge is 2.40. The summed E-state index contributed by atoms with van der Waals surface area (Å²) in [4.78, 5) is 56.1. The first-order valence-corrected chi connectivity index (χ1v) is 5.77. The van der Waals surface area contributed by atoms with Crippen LogP contribution in [0.15, 0.2) is 0 Å². The molecule has 9 heteroatoms. The summed E-state index contributed by atoms with van der Waals surface area (Å²) in [5.41, 5.74) is 0. The monoisotopic (exact) mass is 304 g/mol. The van der Waals surface area contributed by atoms with E-state index in [1.165, 1.54) is 0 Å². The molecule has 0 aromatic rings. The molecule has 0 fully saturated rings. The highest BCUT2D eigenvalue weighted by Crippen LogP contribution is 2.10. The summed E-state index contributed by atoms with van der Waals surface area (Å²) in [5.74, 6) is -4.54. The van der Waals surface area contributed by atoms with Crippen LogP contribution in [0.3, 0.4) is 0 Å². The number of methoxy groups -OCH3 is 1. The van der Waals surface area contributed by atoms with Crippen LogP contribution in [0.4, 0.5) is 0 Å². The lowest BCUT2D eigenvalue weighted by atomic mass is 10.1. The summed E-state index contributed by atoms with van der Waals surface area (Å²) < 4.78 is 18.2. The number of hydrogen-bond acceptors (Lipinski definition) is 9. The molecule has 0 radical (unpaired) electrons. The van der Waals surface area contributed by atoms with E-state index in [0.29, 0.717) is 0 Å². The molecule has 118 valence electrons. The summed E-state index contributed by atoms with van der Waals surface area (Å²) in [6, 6.07) is 0. The Kier molecular flexibility index (Phi) is 7.66. The number of Topliss-reactive ketones (excluding diaryl/α,β-unsaturated/α-hetero) is 1. The predicted octanol–water partition coefficient (Wildman–Crippen LogP) is -0.845. The summed E-state index contributed by atoms with van der Waals surface area (Å²) in [5, 5.41) is 0. The Morgan fingerprint density at radius 2 is 1.29 bits per heavy atom. The molecule has 0 amide bonds. The Bertz CT molecular complexity index is 440. The fraction of sp³-hybridized carbons (Fsp3) is 0.583. The van der Waals surface area contributed by atoms with Crippen LogP contribution in [-0.4, -0.2) is 55.6 Å². The largest absolute Gasteiger partial charge is 0.466 e. The molecule has 2 atom stereocenters. The van der Waals surface area contributed by atoms with Gasteiger partial charge < -0.3 is 18.9 Å². The van der Waals surface area contributed by atoms with Gasteiger partial charge in [0.1, 0.15) is 0 Å². The third-order valence-corrected chi connectivity index (χ3v) is 2.03. The maximum atomic E-state index is 11.9. The van der Waals surface area contributed by atoms with Crippen molar-refractivity contribution in [1.29, 1.82) is 0 Å². The first-order chi connectivity index (χ1) is 9.68. The second-order valence-electron chi connectivity index (χ2n) is 3.83. The molecular formula is C12H16O9. The molecule has 0 aliphatic heterocycles. The Hall–Kier alpha value is -2.45. The molecule has 0 bridgehead atoms. The number of carbonyl (C=O) groups excluding carboxylic acids is 5. The second-order valence-corrected chi connectivity index (χ2v) is 3.83. The maximum absolute atomic E-state index is 11.9. The molecule has 0 saturated heterocycles. The van der Waals surface area contributed by atoms with E-state index in [0.717, 1.165) is 27.9 Å². The van der Waals surface area contributed by atoms with Crippen LogP contribution in [0.1, 0.15) is 20.8 Å². The summed E-state index contributed by atoms with van der Waals surface area (Å²) >= 11 is 0. The van der Waals surface area contributed by atoms with Crippen LogP contribution in [0.2, 0.25) is 0 Å². The first-order valence-electron chi connectivity index (χ1n) is 5.77. The van der Waals surface area contributed by atoms with E-state index >= 15 is 0 Å². The SMILES string of the molecule is COC(=O)C(OC(C)=O)C(OC(C)=O)C(=O)COC(C)=O. The summed E-state index contributed by atoms with van der Waals surface area (Å²) in [7, 11) is 1.00. The molecule has 0 aliphatic carbocycles. The van der Waals surface area contributed by atoms with Crippen LogP contribution < -0.4 is 0 Å². The minimum Gasteiger partial charge on any atom is -0.466 e. The fourth-order valence-corrected chi connectivity index (χ4v) is 1.26.